The zero-order chi connectivity index (χ0) is 26.8. The van der Waals surface area contributed by atoms with Crippen molar-refractivity contribution in [3.63, 3.8) is 0 Å². The molecule has 2 unspecified atom stereocenters. The van der Waals surface area contributed by atoms with Crippen LogP contribution < -0.4 is 14.9 Å². The molecule has 0 bridgehead atoms. The maximum absolute atomic E-state index is 12.4. The molecule has 35 heavy (non-hydrogen) atoms. The molecule has 0 heterocycles. The summed E-state index contributed by atoms with van der Waals surface area (Å²) in [4.78, 5) is 35.1. The van der Waals surface area contributed by atoms with E-state index in [1.165, 1.54) is 24.3 Å². The van der Waals surface area contributed by atoms with Crippen molar-refractivity contribution in [2.75, 3.05) is 20.0 Å². The van der Waals surface area contributed by atoms with E-state index in [1.807, 2.05) is 41.5 Å². The summed E-state index contributed by atoms with van der Waals surface area (Å²) in [6, 6.07) is 4.07. The first-order valence-electron chi connectivity index (χ1n) is 11.2. The third-order valence-electron chi connectivity index (χ3n) is 4.08. The van der Waals surface area contributed by atoms with Gasteiger partial charge in [-0.2, -0.15) is 0 Å². The molecule has 0 amide bonds. The van der Waals surface area contributed by atoms with Crippen LogP contribution in [-0.2, 0) is 23.6 Å². The lowest BCUT2D eigenvalue weighted by atomic mass is 9.99. The lowest BCUT2D eigenvalue weighted by Crippen LogP contribution is -2.41. The van der Waals surface area contributed by atoms with E-state index in [4.69, 9.17) is 18.7 Å². The second-order valence-electron chi connectivity index (χ2n) is 10.5. The Morgan fingerprint density at radius 2 is 1.34 bits per heavy atom. The average molecular weight is 516 g/mol. The van der Waals surface area contributed by atoms with Gasteiger partial charge in [-0.1, -0.05) is 41.5 Å². The molecule has 11 nitrogen and oxygen atoms in total. The van der Waals surface area contributed by atoms with Gasteiger partial charge < -0.3 is 14.2 Å². The summed E-state index contributed by atoms with van der Waals surface area (Å²) in [5.74, 6) is -0.560. The molecule has 0 saturated heterocycles. The number of ether oxygens (including phenoxy) is 3. The normalized spacial score (nSPS) is 14.5. The summed E-state index contributed by atoms with van der Waals surface area (Å²) < 4.78 is 21.9. The first-order valence-corrected chi connectivity index (χ1v) is 12.5. The van der Waals surface area contributed by atoms with Gasteiger partial charge in [-0.05, 0) is 36.8 Å². The van der Waals surface area contributed by atoms with Crippen LogP contribution in [0.5, 0.6) is 5.75 Å². The Hall–Kier alpha value is -2.33. The van der Waals surface area contributed by atoms with Crippen molar-refractivity contribution < 1.29 is 33.2 Å². The van der Waals surface area contributed by atoms with E-state index in [0.29, 0.717) is 5.75 Å². The highest BCUT2D eigenvalue weighted by Crippen LogP contribution is 2.30. The number of nitro benzene ring substituents is 1. The van der Waals surface area contributed by atoms with Gasteiger partial charge >= 0.3 is 11.9 Å². The fourth-order valence-corrected chi connectivity index (χ4v) is 3.50. The van der Waals surface area contributed by atoms with Gasteiger partial charge in [0.1, 0.15) is 17.8 Å². The Bertz CT molecular complexity index is 799. The molecule has 12 heteroatoms. The molecule has 0 spiro atoms. The monoisotopic (exact) mass is 515 g/mol. The zero-order valence-electron chi connectivity index (χ0n) is 21.7. The van der Waals surface area contributed by atoms with E-state index in [2.05, 4.69) is 10.2 Å². The van der Waals surface area contributed by atoms with Crippen LogP contribution in [0, 0.1) is 20.9 Å². The smallest absolute Gasteiger partial charge is 0.323 e. The first-order chi connectivity index (χ1) is 16.1. The summed E-state index contributed by atoms with van der Waals surface area (Å²) in [6.45, 7) is 15.3. The number of hydrogen-bond acceptors (Lipinski definition) is 10. The van der Waals surface area contributed by atoms with Gasteiger partial charge in [0, 0.05) is 12.1 Å². The third kappa shape index (κ3) is 13.4. The van der Waals surface area contributed by atoms with Crippen LogP contribution in [0.4, 0.5) is 5.69 Å². The highest BCUT2D eigenvalue weighted by atomic mass is 31.2. The molecule has 0 aliphatic heterocycles. The Morgan fingerprint density at radius 3 is 1.71 bits per heavy atom. The molecular weight excluding hydrogens is 477 g/mol. The molecule has 0 aromatic heterocycles. The molecule has 0 fully saturated rings. The van der Waals surface area contributed by atoms with Crippen molar-refractivity contribution in [2.45, 2.75) is 67.5 Å². The molecule has 0 saturated carbocycles. The Kier molecular flexibility index (Phi) is 12.0. The Balaban J connectivity index is 2.76. The highest BCUT2D eigenvalue weighted by molar-refractivity contribution is 7.48. The van der Waals surface area contributed by atoms with Crippen molar-refractivity contribution in [2.24, 2.45) is 10.8 Å². The van der Waals surface area contributed by atoms with Crippen molar-refractivity contribution >= 4 is 26.1 Å². The van der Waals surface area contributed by atoms with Crippen LogP contribution in [0.1, 0.15) is 55.4 Å². The number of esters is 2. The van der Waals surface area contributed by atoms with Gasteiger partial charge in [0.25, 0.3) is 5.69 Å². The molecule has 2 N–H and O–H groups in total. The number of nitrogens with one attached hydrogen (secondary N) is 2. The largest absolute Gasteiger partial charge is 0.467 e. The fraction of sp³-hybridized carbons (Fsp3) is 0.652. The minimum atomic E-state index is -1.73. The Morgan fingerprint density at radius 1 is 0.914 bits per heavy atom. The number of carbonyl (C=O) groups excluding carboxylic acids is 2. The van der Waals surface area contributed by atoms with E-state index in [-0.39, 0.29) is 36.5 Å². The number of rotatable bonds is 13. The van der Waals surface area contributed by atoms with Gasteiger partial charge in [0.05, 0.1) is 18.1 Å². The minimum Gasteiger partial charge on any atom is -0.467 e. The number of non-ortho nitro benzene ring substituents is 1. The average Bonchev–Trinajstić information content (AvgIpc) is 2.74. The standard InChI is InChI=1S/C23H38N3O8P/c1-16(20(27)31-13-22(3,4)5)24-35(25-17(2)21(28)32-14-23(6,7)8)34-15-33-19-11-9-18(10-12-19)26(29)30/h9-12,16-17,24-25H,13-15H2,1-8H3. The fourth-order valence-electron chi connectivity index (χ4n) is 2.21. The van der Waals surface area contributed by atoms with E-state index >= 15 is 0 Å². The molecule has 1 aromatic rings. The van der Waals surface area contributed by atoms with Crippen LogP contribution in [0.2, 0.25) is 0 Å². The van der Waals surface area contributed by atoms with Gasteiger partial charge in [-0.3, -0.25) is 24.2 Å². The predicted octanol–water partition coefficient (Wildman–Crippen LogP) is 4.31. The molecular formula is C23H38N3O8P. The third-order valence-corrected chi connectivity index (χ3v) is 5.69. The van der Waals surface area contributed by atoms with Crippen LogP contribution in [-0.4, -0.2) is 49.0 Å². The molecule has 0 aliphatic rings. The summed E-state index contributed by atoms with van der Waals surface area (Å²) in [5, 5.41) is 16.8. The van der Waals surface area contributed by atoms with Crippen molar-refractivity contribution in [1.29, 1.82) is 0 Å². The maximum atomic E-state index is 12.4. The second kappa shape index (κ2) is 13.7. The highest BCUT2D eigenvalue weighted by Gasteiger charge is 2.26. The number of nitro groups is 1. The summed E-state index contributed by atoms with van der Waals surface area (Å²) in [7, 11) is -1.73. The van der Waals surface area contributed by atoms with Crippen LogP contribution >= 0.6 is 8.45 Å². The molecule has 198 valence electrons. The van der Waals surface area contributed by atoms with Crippen molar-refractivity contribution in [1.82, 2.24) is 10.2 Å². The summed E-state index contributed by atoms with van der Waals surface area (Å²) >= 11 is 0. The second-order valence-corrected chi connectivity index (χ2v) is 11.8. The van der Waals surface area contributed by atoms with Crippen molar-refractivity contribution in [3.8, 4) is 5.75 Å². The van der Waals surface area contributed by atoms with Crippen LogP contribution in [0.3, 0.4) is 0 Å². The molecule has 0 radical (unpaired) electrons. The van der Waals surface area contributed by atoms with E-state index in [1.54, 1.807) is 13.8 Å². The topological polar surface area (TPSA) is 138 Å². The maximum Gasteiger partial charge on any atom is 0.323 e. The lowest BCUT2D eigenvalue weighted by Gasteiger charge is -2.26. The summed E-state index contributed by atoms with van der Waals surface area (Å²) in [6.07, 6.45) is 0. The van der Waals surface area contributed by atoms with E-state index in [0.717, 1.165) is 0 Å². The van der Waals surface area contributed by atoms with E-state index < -0.39 is 37.4 Å². The van der Waals surface area contributed by atoms with Gasteiger partial charge in [-0.15, -0.1) is 0 Å². The van der Waals surface area contributed by atoms with Gasteiger partial charge in [-0.25, -0.2) is 10.2 Å². The van der Waals surface area contributed by atoms with Gasteiger partial charge in [0.2, 0.25) is 0 Å². The first kappa shape index (κ1) is 30.7. The lowest BCUT2D eigenvalue weighted by molar-refractivity contribution is -0.384. The number of carbonyl (C=O) groups is 2. The Labute approximate surface area is 208 Å². The number of hydrogen-bond donors (Lipinski definition) is 2. The van der Waals surface area contributed by atoms with E-state index in [9.17, 15) is 19.7 Å². The van der Waals surface area contributed by atoms with Gasteiger partial charge in [0.15, 0.2) is 15.2 Å². The SMILES string of the molecule is CC(NP(NC(C)C(=O)OCC(C)(C)C)OCOc1ccc([N+](=O)[O-])cc1)C(=O)OCC(C)(C)C. The predicted molar refractivity (Wildman–Crippen MR) is 133 cm³/mol. The number of nitrogens with zero attached hydrogens (tertiary/aromatic N) is 1. The van der Waals surface area contributed by atoms with Crippen LogP contribution in [0.15, 0.2) is 24.3 Å². The molecule has 2 atom stereocenters. The molecule has 0 aliphatic carbocycles. The number of benzene rings is 1. The van der Waals surface area contributed by atoms with Crippen LogP contribution in [0.25, 0.3) is 0 Å². The minimum absolute atomic E-state index is 0.0611. The zero-order valence-corrected chi connectivity index (χ0v) is 22.6. The molecule has 1 rings (SSSR count). The summed E-state index contributed by atoms with van der Waals surface area (Å²) in [5.41, 5.74) is -0.425. The van der Waals surface area contributed by atoms with Crippen molar-refractivity contribution in [3.05, 3.63) is 34.4 Å². The molecule has 1 aromatic carbocycles. The quantitative estimate of drug-likeness (QED) is 0.128.